The molecule has 2 atom stereocenters. The molecule has 178 valence electrons. The second-order valence-corrected chi connectivity index (χ2v) is 7.64. The fraction of sp³-hybridized carbons (Fsp3) is 0.391. The smallest absolute Gasteiger partial charge is 0.419 e. The van der Waals surface area contributed by atoms with Crippen molar-refractivity contribution >= 4 is 16.7 Å². The molecule has 0 fully saturated rings. The van der Waals surface area contributed by atoms with Crippen molar-refractivity contribution in [3.8, 4) is 5.75 Å². The second kappa shape index (κ2) is 10.2. The maximum absolute atomic E-state index is 13.6. The van der Waals surface area contributed by atoms with E-state index in [9.17, 15) is 22.0 Å². The van der Waals surface area contributed by atoms with E-state index in [4.69, 9.17) is 4.84 Å². The van der Waals surface area contributed by atoms with Gasteiger partial charge in [0.25, 0.3) is 6.43 Å². The fourth-order valence-electron chi connectivity index (χ4n) is 3.39. The van der Waals surface area contributed by atoms with Crippen LogP contribution in [0.5, 0.6) is 5.75 Å². The van der Waals surface area contributed by atoms with Gasteiger partial charge in [-0.3, -0.25) is 0 Å². The molecular weight excluding hydrogens is 445 g/mol. The molecule has 0 radical (unpaired) electrons. The minimum Gasteiger partial charge on any atom is -0.487 e. The quantitative estimate of drug-likeness (QED) is 0.214. The first-order chi connectivity index (χ1) is 15.6. The molecule has 5 nitrogen and oxygen atoms in total. The molecule has 0 aliphatic carbocycles. The molecule has 0 bridgehead atoms. The predicted octanol–water partition coefficient (Wildman–Crippen LogP) is 6.75. The van der Waals surface area contributed by atoms with Crippen molar-refractivity contribution in [3.05, 3.63) is 59.4 Å². The highest BCUT2D eigenvalue weighted by molar-refractivity contribution is 6.08. The number of alkyl halides is 5. The van der Waals surface area contributed by atoms with Crippen LogP contribution in [0.1, 0.15) is 50.0 Å². The van der Waals surface area contributed by atoms with Gasteiger partial charge in [-0.15, -0.1) is 0 Å². The number of oxime groups is 1. The molecule has 2 heterocycles. The molecule has 2 unspecified atom stereocenters. The summed E-state index contributed by atoms with van der Waals surface area (Å²) in [4.78, 5) is 13.0. The minimum atomic E-state index is -4.79. The van der Waals surface area contributed by atoms with Gasteiger partial charge in [0.15, 0.2) is 6.10 Å². The van der Waals surface area contributed by atoms with Crippen LogP contribution in [0.4, 0.5) is 22.0 Å². The average molecular weight is 469 g/mol. The molecule has 0 aliphatic rings. The number of pyridine rings is 1. The minimum absolute atomic E-state index is 0.180. The highest BCUT2D eigenvalue weighted by Gasteiger charge is 2.36. The molecule has 0 spiro atoms. The third kappa shape index (κ3) is 5.80. The van der Waals surface area contributed by atoms with E-state index in [1.54, 1.807) is 25.4 Å². The topological polar surface area (TPSA) is 59.5 Å². The molecule has 33 heavy (non-hydrogen) atoms. The molecule has 2 aromatic heterocycles. The predicted molar refractivity (Wildman–Crippen MR) is 115 cm³/mol. The van der Waals surface area contributed by atoms with Gasteiger partial charge in [-0.1, -0.05) is 25.1 Å². The molecule has 1 aromatic carbocycles. The Bertz CT molecular complexity index is 1110. The summed E-state index contributed by atoms with van der Waals surface area (Å²) in [5.41, 5.74) is 1.06. The standard InChI is InChI=1S/C23H24F5N3O2/c1-4-13(2)21(33-31-14(3)16-7-9-29-22-17(16)8-10-30-22)15-5-6-19(32-12-20(24)25)18(11-15)23(26,27)28/h5-11,13,20-21H,4,12H2,1-3H3,(H,29,30)/b31-14+. The number of nitrogens with one attached hydrogen (secondary N) is 1. The summed E-state index contributed by atoms with van der Waals surface area (Å²) in [6, 6.07) is 6.92. The van der Waals surface area contributed by atoms with E-state index in [-0.39, 0.29) is 11.5 Å². The van der Waals surface area contributed by atoms with Crippen molar-refractivity contribution in [1.29, 1.82) is 0 Å². The number of fused-ring (bicyclic) bond motifs is 1. The number of benzene rings is 1. The third-order valence-electron chi connectivity index (χ3n) is 5.32. The van der Waals surface area contributed by atoms with Gasteiger partial charge in [-0.05, 0) is 49.1 Å². The van der Waals surface area contributed by atoms with Crippen LogP contribution < -0.4 is 4.74 Å². The number of nitrogens with zero attached hydrogens (tertiary/aromatic N) is 2. The van der Waals surface area contributed by atoms with Crippen LogP contribution >= 0.6 is 0 Å². The normalized spacial score (nSPS) is 14.5. The summed E-state index contributed by atoms with van der Waals surface area (Å²) in [5.74, 6) is -0.832. The monoisotopic (exact) mass is 469 g/mol. The van der Waals surface area contributed by atoms with Crippen LogP contribution in [-0.2, 0) is 11.0 Å². The van der Waals surface area contributed by atoms with Crippen LogP contribution in [0, 0.1) is 5.92 Å². The lowest BCUT2D eigenvalue weighted by molar-refractivity contribution is -0.139. The van der Waals surface area contributed by atoms with Crippen LogP contribution in [0.25, 0.3) is 11.0 Å². The first-order valence-electron chi connectivity index (χ1n) is 10.4. The van der Waals surface area contributed by atoms with Gasteiger partial charge in [0.2, 0.25) is 0 Å². The zero-order chi connectivity index (χ0) is 24.2. The fourth-order valence-corrected chi connectivity index (χ4v) is 3.39. The largest absolute Gasteiger partial charge is 0.487 e. The van der Waals surface area contributed by atoms with E-state index in [2.05, 4.69) is 19.9 Å². The van der Waals surface area contributed by atoms with Crippen molar-refractivity contribution in [2.24, 2.45) is 11.1 Å². The zero-order valence-electron chi connectivity index (χ0n) is 18.3. The Kier molecular flexibility index (Phi) is 7.55. The van der Waals surface area contributed by atoms with E-state index < -0.39 is 36.6 Å². The molecule has 10 heteroatoms. The highest BCUT2D eigenvalue weighted by atomic mass is 19.4. The Balaban J connectivity index is 1.94. The zero-order valence-corrected chi connectivity index (χ0v) is 18.3. The van der Waals surface area contributed by atoms with Gasteiger partial charge >= 0.3 is 6.18 Å². The molecule has 3 rings (SSSR count). The molecule has 0 saturated heterocycles. The van der Waals surface area contributed by atoms with Crippen LogP contribution in [0.3, 0.4) is 0 Å². The first kappa shape index (κ1) is 24.5. The third-order valence-corrected chi connectivity index (χ3v) is 5.32. The molecule has 0 saturated carbocycles. The summed E-state index contributed by atoms with van der Waals surface area (Å²) >= 11 is 0. The summed E-state index contributed by atoms with van der Waals surface area (Å²) in [6.07, 6.45) is -4.50. The van der Waals surface area contributed by atoms with Crippen molar-refractivity contribution in [3.63, 3.8) is 0 Å². The summed E-state index contributed by atoms with van der Waals surface area (Å²) < 4.78 is 70.4. The van der Waals surface area contributed by atoms with Crippen LogP contribution in [0.2, 0.25) is 0 Å². The SMILES string of the molecule is CCC(C)C(O/N=C(\C)c1ccnc2[nH]ccc12)c1ccc(OCC(F)F)c(C(F)(F)F)c1. The van der Waals surface area contributed by atoms with Gasteiger partial charge in [-0.25, -0.2) is 13.8 Å². The number of halogens is 5. The van der Waals surface area contributed by atoms with Crippen molar-refractivity contribution in [2.75, 3.05) is 6.61 Å². The van der Waals surface area contributed by atoms with Gasteiger partial charge < -0.3 is 14.6 Å². The van der Waals surface area contributed by atoms with E-state index in [0.717, 1.165) is 23.1 Å². The molecule has 0 amide bonds. The lowest BCUT2D eigenvalue weighted by atomic mass is 9.93. The summed E-state index contributed by atoms with van der Waals surface area (Å²) in [6.45, 7) is 4.32. The lowest BCUT2D eigenvalue weighted by Crippen LogP contribution is -2.16. The number of ether oxygens (including phenoxy) is 1. The molecule has 1 N–H and O–H groups in total. The first-order valence-corrected chi connectivity index (χ1v) is 10.4. The maximum Gasteiger partial charge on any atom is 0.419 e. The van der Waals surface area contributed by atoms with Gasteiger partial charge in [0.05, 0.1) is 11.3 Å². The molecule has 0 aliphatic heterocycles. The Morgan fingerprint density at radius 1 is 1.18 bits per heavy atom. The van der Waals surface area contributed by atoms with Crippen LogP contribution in [0.15, 0.2) is 47.9 Å². The number of aromatic amines is 1. The second-order valence-electron chi connectivity index (χ2n) is 7.64. The van der Waals surface area contributed by atoms with Crippen molar-refractivity contribution < 1.29 is 31.5 Å². The van der Waals surface area contributed by atoms with E-state index in [1.807, 2.05) is 19.9 Å². The Labute approximate surface area is 187 Å². The Morgan fingerprint density at radius 2 is 1.94 bits per heavy atom. The van der Waals surface area contributed by atoms with Gasteiger partial charge in [0.1, 0.15) is 18.0 Å². The van der Waals surface area contributed by atoms with Crippen molar-refractivity contribution in [1.82, 2.24) is 9.97 Å². The van der Waals surface area contributed by atoms with Gasteiger partial charge in [-0.2, -0.15) is 13.2 Å². The Hall–Kier alpha value is -3.17. The number of H-pyrrole nitrogens is 1. The van der Waals surface area contributed by atoms with E-state index in [0.29, 0.717) is 17.8 Å². The van der Waals surface area contributed by atoms with Crippen molar-refractivity contribution in [2.45, 2.75) is 45.9 Å². The lowest BCUT2D eigenvalue weighted by Gasteiger charge is -2.23. The molecular formula is C23H24F5N3O2. The average Bonchev–Trinajstić information content (AvgIpc) is 3.26. The molecule has 3 aromatic rings. The highest BCUT2D eigenvalue weighted by Crippen LogP contribution is 2.40. The van der Waals surface area contributed by atoms with E-state index >= 15 is 0 Å². The maximum atomic E-state index is 13.6. The van der Waals surface area contributed by atoms with Crippen LogP contribution in [-0.4, -0.2) is 28.7 Å². The number of aromatic nitrogens is 2. The van der Waals surface area contributed by atoms with E-state index in [1.165, 1.54) is 6.07 Å². The van der Waals surface area contributed by atoms with Gasteiger partial charge in [0, 0.05) is 23.3 Å². The number of rotatable bonds is 9. The summed E-state index contributed by atoms with van der Waals surface area (Å²) in [7, 11) is 0. The number of hydrogen-bond donors (Lipinski definition) is 1. The Morgan fingerprint density at radius 3 is 2.61 bits per heavy atom. The summed E-state index contributed by atoms with van der Waals surface area (Å²) in [5, 5.41) is 5.04. The number of hydrogen-bond acceptors (Lipinski definition) is 4.